The standard InChI is InChI=1S/C15H22BrNO/c1-10-6-7-17(11(2)8-10)13-4-5-14(12(3)18)15(16)9-13/h4-5,9-12,18H,6-8H2,1-3H3/t10?,11?,12-/m1/s1. The van der Waals surface area contributed by atoms with Gasteiger partial charge in [0.25, 0.3) is 0 Å². The normalized spacial score (nSPS) is 26.2. The molecular weight excluding hydrogens is 290 g/mol. The largest absolute Gasteiger partial charge is 0.389 e. The molecule has 1 aliphatic heterocycles. The van der Waals surface area contributed by atoms with Crippen LogP contribution in [0.2, 0.25) is 0 Å². The van der Waals surface area contributed by atoms with Crippen molar-refractivity contribution in [1.82, 2.24) is 0 Å². The van der Waals surface area contributed by atoms with Gasteiger partial charge in [-0.1, -0.05) is 28.9 Å². The van der Waals surface area contributed by atoms with Crippen LogP contribution < -0.4 is 4.90 Å². The van der Waals surface area contributed by atoms with Crippen molar-refractivity contribution in [3.63, 3.8) is 0 Å². The van der Waals surface area contributed by atoms with Crippen molar-refractivity contribution in [2.45, 2.75) is 45.8 Å². The van der Waals surface area contributed by atoms with Gasteiger partial charge in [-0.2, -0.15) is 0 Å². The Bertz CT molecular complexity index is 419. The predicted molar refractivity (Wildman–Crippen MR) is 80.0 cm³/mol. The maximum Gasteiger partial charge on any atom is 0.0772 e. The number of anilines is 1. The third kappa shape index (κ3) is 2.89. The molecule has 2 unspecified atom stereocenters. The fourth-order valence-electron chi connectivity index (χ4n) is 2.82. The molecule has 1 heterocycles. The first-order valence-corrected chi connectivity index (χ1v) is 7.52. The zero-order chi connectivity index (χ0) is 13.3. The Morgan fingerprint density at radius 1 is 1.39 bits per heavy atom. The average Bonchev–Trinajstić information content (AvgIpc) is 2.28. The van der Waals surface area contributed by atoms with Gasteiger partial charge in [0.15, 0.2) is 0 Å². The molecule has 1 aliphatic rings. The summed E-state index contributed by atoms with van der Waals surface area (Å²) in [5, 5.41) is 9.65. The van der Waals surface area contributed by atoms with Crippen LogP contribution in [0.15, 0.2) is 22.7 Å². The van der Waals surface area contributed by atoms with Gasteiger partial charge in [-0.25, -0.2) is 0 Å². The molecule has 2 rings (SSSR count). The van der Waals surface area contributed by atoms with E-state index >= 15 is 0 Å². The lowest BCUT2D eigenvalue weighted by molar-refractivity contribution is 0.198. The highest BCUT2D eigenvalue weighted by atomic mass is 79.9. The topological polar surface area (TPSA) is 23.5 Å². The molecule has 1 aromatic carbocycles. The van der Waals surface area contributed by atoms with E-state index in [-0.39, 0.29) is 0 Å². The molecule has 18 heavy (non-hydrogen) atoms. The molecule has 0 bridgehead atoms. The first kappa shape index (κ1) is 13.9. The number of hydrogen-bond acceptors (Lipinski definition) is 2. The zero-order valence-electron chi connectivity index (χ0n) is 11.4. The highest BCUT2D eigenvalue weighted by molar-refractivity contribution is 9.10. The van der Waals surface area contributed by atoms with Crippen LogP contribution in [0.4, 0.5) is 5.69 Å². The molecule has 0 spiro atoms. The Hall–Kier alpha value is -0.540. The fraction of sp³-hybridized carbons (Fsp3) is 0.600. The van der Waals surface area contributed by atoms with Gasteiger partial charge in [-0.05, 0) is 50.3 Å². The molecule has 2 nitrogen and oxygen atoms in total. The highest BCUT2D eigenvalue weighted by Gasteiger charge is 2.23. The van der Waals surface area contributed by atoms with Crippen molar-refractivity contribution in [2.75, 3.05) is 11.4 Å². The van der Waals surface area contributed by atoms with Gasteiger partial charge < -0.3 is 10.0 Å². The molecule has 3 atom stereocenters. The average molecular weight is 312 g/mol. The Morgan fingerprint density at radius 3 is 2.67 bits per heavy atom. The number of benzene rings is 1. The van der Waals surface area contributed by atoms with E-state index in [9.17, 15) is 5.11 Å². The quantitative estimate of drug-likeness (QED) is 0.887. The van der Waals surface area contributed by atoms with E-state index in [4.69, 9.17) is 0 Å². The molecule has 3 heteroatoms. The number of hydrogen-bond donors (Lipinski definition) is 1. The monoisotopic (exact) mass is 311 g/mol. The summed E-state index contributed by atoms with van der Waals surface area (Å²) in [6.45, 7) is 7.56. The summed E-state index contributed by atoms with van der Waals surface area (Å²) >= 11 is 3.56. The van der Waals surface area contributed by atoms with Crippen molar-refractivity contribution >= 4 is 21.6 Å². The summed E-state index contributed by atoms with van der Waals surface area (Å²) in [6.07, 6.45) is 2.10. The fourth-order valence-corrected chi connectivity index (χ4v) is 3.52. The Morgan fingerprint density at radius 2 is 2.11 bits per heavy atom. The minimum atomic E-state index is -0.424. The third-order valence-corrected chi connectivity index (χ3v) is 4.59. The van der Waals surface area contributed by atoms with E-state index < -0.39 is 6.10 Å². The van der Waals surface area contributed by atoms with E-state index in [0.29, 0.717) is 6.04 Å². The van der Waals surface area contributed by atoms with Crippen molar-refractivity contribution in [3.8, 4) is 0 Å². The van der Waals surface area contributed by atoms with Crippen LogP contribution in [0.5, 0.6) is 0 Å². The SMILES string of the molecule is CC1CCN(c2ccc([C@@H](C)O)c(Br)c2)C(C)C1. The molecule has 1 saturated heterocycles. The number of nitrogens with zero attached hydrogens (tertiary/aromatic N) is 1. The van der Waals surface area contributed by atoms with Crippen LogP contribution in [0.1, 0.15) is 45.3 Å². The minimum Gasteiger partial charge on any atom is -0.389 e. The van der Waals surface area contributed by atoms with Gasteiger partial charge in [-0.15, -0.1) is 0 Å². The van der Waals surface area contributed by atoms with Crippen LogP contribution in [-0.2, 0) is 0 Å². The molecule has 0 aromatic heterocycles. The van der Waals surface area contributed by atoms with Crippen molar-refractivity contribution < 1.29 is 5.11 Å². The Kier molecular flexibility index (Phi) is 4.33. The summed E-state index contributed by atoms with van der Waals surface area (Å²) in [5.41, 5.74) is 2.21. The predicted octanol–water partition coefficient (Wildman–Crippen LogP) is 4.13. The summed E-state index contributed by atoms with van der Waals surface area (Å²) in [7, 11) is 0. The second kappa shape index (κ2) is 5.62. The highest BCUT2D eigenvalue weighted by Crippen LogP contribution is 2.32. The smallest absolute Gasteiger partial charge is 0.0772 e. The van der Waals surface area contributed by atoms with Crippen LogP contribution in [0, 0.1) is 5.92 Å². The molecule has 0 saturated carbocycles. The molecule has 1 aromatic rings. The maximum atomic E-state index is 9.65. The van der Waals surface area contributed by atoms with Gasteiger partial charge >= 0.3 is 0 Å². The molecule has 0 amide bonds. The summed E-state index contributed by atoms with van der Waals surface area (Å²) in [6, 6.07) is 6.88. The van der Waals surface area contributed by atoms with Gasteiger partial charge in [0, 0.05) is 22.7 Å². The lowest BCUT2D eigenvalue weighted by atomic mass is 9.93. The summed E-state index contributed by atoms with van der Waals surface area (Å²) in [5.74, 6) is 0.830. The Balaban J connectivity index is 2.21. The second-order valence-electron chi connectivity index (χ2n) is 5.55. The first-order chi connectivity index (χ1) is 8.49. The number of piperidine rings is 1. The van der Waals surface area contributed by atoms with Gasteiger partial charge in [0.1, 0.15) is 0 Å². The van der Waals surface area contributed by atoms with E-state index in [1.165, 1.54) is 18.5 Å². The van der Waals surface area contributed by atoms with E-state index in [1.54, 1.807) is 6.92 Å². The van der Waals surface area contributed by atoms with E-state index in [1.807, 2.05) is 6.07 Å². The maximum absolute atomic E-state index is 9.65. The van der Waals surface area contributed by atoms with E-state index in [0.717, 1.165) is 22.5 Å². The Labute approximate surface area is 118 Å². The number of rotatable bonds is 2. The second-order valence-corrected chi connectivity index (χ2v) is 6.41. The van der Waals surface area contributed by atoms with Crippen LogP contribution in [-0.4, -0.2) is 17.7 Å². The summed E-state index contributed by atoms with van der Waals surface area (Å²) < 4.78 is 1.00. The number of aliphatic hydroxyl groups excluding tert-OH is 1. The summed E-state index contributed by atoms with van der Waals surface area (Å²) in [4.78, 5) is 2.47. The zero-order valence-corrected chi connectivity index (χ0v) is 12.9. The molecular formula is C15H22BrNO. The van der Waals surface area contributed by atoms with Crippen LogP contribution in [0.25, 0.3) is 0 Å². The molecule has 1 fully saturated rings. The minimum absolute atomic E-state index is 0.424. The van der Waals surface area contributed by atoms with Gasteiger partial charge in [-0.3, -0.25) is 0 Å². The number of halogens is 1. The third-order valence-electron chi connectivity index (χ3n) is 3.90. The molecule has 0 aliphatic carbocycles. The van der Waals surface area contributed by atoms with Crippen molar-refractivity contribution in [1.29, 1.82) is 0 Å². The number of aliphatic hydroxyl groups is 1. The first-order valence-electron chi connectivity index (χ1n) is 6.73. The molecule has 100 valence electrons. The van der Waals surface area contributed by atoms with Crippen molar-refractivity contribution in [2.24, 2.45) is 5.92 Å². The lowest BCUT2D eigenvalue weighted by Crippen LogP contribution is -2.40. The van der Waals surface area contributed by atoms with Gasteiger partial charge in [0.05, 0.1) is 6.10 Å². The van der Waals surface area contributed by atoms with Gasteiger partial charge in [0.2, 0.25) is 0 Å². The van der Waals surface area contributed by atoms with E-state index in [2.05, 4.69) is 46.8 Å². The van der Waals surface area contributed by atoms with Crippen LogP contribution >= 0.6 is 15.9 Å². The molecule has 1 N–H and O–H groups in total. The lowest BCUT2D eigenvalue weighted by Gasteiger charge is -2.38. The molecule has 0 radical (unpaired) electrons. The van der Waals surface area contributed by atoms with Crippen LogP contribution in [0.3, 0.4) is 0 Å². The van der Waals surface area contributed by atoms with Crippen molar-refractivity contribution in [3.05, 3.63) is 28.2 Å².